The molecular weight excluding hydrogens is 570 g/mol. The van der Waals surface area contributed by atoms with Crippen molar-refractivity contribution in [3.63, 3.8) is 0 Å². The van der Waals surface area contributed by atoms with Crippen LogP contribution in [0.4, 0.5) is 5.69 Å². The van der Waals surface area contributed by atoms with Gasteiger partial charge in [0.1, 0.15) is 6.04 Å². The Hall–Kier alpha value is -3.88. The van der Waals surface area contributed by atoms with Gasteiger partial charge in [-0.2, -0.15) is 0 Å². The minimum atomic E-state index is -0.937. The molecule has 7 nitrogen and oxygen atoms in total. The van der Waals surface area contributed by atoms with Gasteiger partial charge in [-0.25, -0.2) is 0 Å². The van der Waals surface area contributed by atoms with Crippen LogP contribution in [-0.4, -0.2) is 74.4 Å². The highest BCUT2D eigenvalue weighted by atomic mass is 32.2. The van der Waals surface area contributed by atoms with Crippen molar-refractivity contribution >= 4 is 45.9 Å². The van der Waals surface area contributed by atoms with Crippen LogP contribution in [-0.2, 0) is 20.9 Å². The van der Waals surface area contributed by atoms with Crippen molar-refractivity contribution in [1.82, 2.24) is 9.80 Å². The van der Waals surface area contributed by atoms with Crippen molar-refractivity contribution in [3.05, 3.63) is 103 Å². The lowest BCUT2D eigenvalue weighted by atomic mass is 9.78. The highest BCUT2D eigenvalue weighted by molar-refractivity contribution is 8.02. The first kappa shape index (κ1) is 28.9. The SMILES string of the molecule is CC(C)[C@H](CO)N1C(=O)[C@@H]2[C@H]3C(=O)N(Cc4ccccc4)CC=C[C@H]3S[C@@]23C=CCN(c2ccc4ccccc4c2)C(=O)C13. The molecule has 1 spiro atoms. The van der Waals surface area contributed by atoms with Crippen molar-refractivity contribution in [2.45, 2.75) is 42.5 Å². The number of rotatable bonds is 6. The number of benzene rings is 3. The normalized spacial score (nSPS) is 28.7. The van der Waals surface area contributed by atoms with Gasteiger partial charge in [0.05, 0.1) is 29.2 Å². The first-order valence-electron chi connectivity index (χ1n) is 15.4. The monoisotopic (exact) mass is 607 g/mol. The largest absolute Gasteiger partial charge is 0.394 e. The summed E-state index contributed by atoms with van der Waals surface area (Å²) in [6.45, 7) is 4.94. The number of carbonyl (C=O) groups excluding carboxylic acids is 3. The predicted octanol–water partition coefficient (Wildman–Crippen LogP) is 4.66. The van der Waals surface area contributed by atoms with Crippen molar-refractivity contribution in [3.8, 4) is 0 Å². The van der Waals surface area contributed by atoms with E-state index >= 15 is 0 Å². The Balaban J connectivity index is 1.31. The molecule has 1 unspecified atom stereocenters. The van der Waals surface area contributed by atoms with Gasteiger partial charge in [0.2, 0.25) is 11.8 Å². The maximum Gasteiger partial charge on any atom is 0.251 e. The Labute approximate surface area is 262 Å². The van der Waals surface area contributed by atoms with Gasteiger partial charge in [0, 0.05) is 30.6 Å². The predicted molar refractivity (Wildman–Crippen MR) is 174 cm³/mol. The van der Waals surface area contributed by atoms with E-state index in [0.29, 0.717) is 19.6 Å². The molecule has 3 amide bonds. The summed E-state index contributed by atoms with van der Waals surface area (Å²) in [6.07, 6.45) is 8.13. The minimum Gasteiger partial charge on any atom is -0.394 e. The summed E-state index contributed by atoms with van der Waals surface area (Å²) in [4.78, 5) is 49.2. The molecule has 0 saturated carbocycles. The standard InChI is InChI=1S/C36H37N3O4S/c1-23(2)28(22-40)39-32-35(43)38(27-16-15-25-12-6-7-13-26(25)20-27)19-9-17-36(32)31(34(39)42)30-29(44-36)14-8-18-37(33(30)41)21-24-10-4-3-5-11-24/h3-17,20,23,28-32,40H,18-19,21-22H2,1-2H3/t28-,29+,30-,31-,32?,36-/m0/s1. The fraction of sp³-hybridized carbons (Fsp3) is 0.361. The molecule has 1 N–H and O–H groups in total. The van der Waals surface area contributed by atoms with E-state index in [1.165, 1.54) is 0 Å². The molecule has 0 radical (unpaired) electrons. The van der Waals surface area contributed by atoms with Crippen LogP contribution in [0.3, 0.4) is 0 Å². The summed E-state index contributed by atoms with van der Waals surface area (Å²) in [5.74, 6) is -1.88. The number of likely N-dealkylation sites (tertiary alicyclic amines) is 1. The molecule has 2 fully saturated rings. The molecule has 0 aromatic heterocycles. The highest BCUT2D eigenvalue weighted by Gasteiger charge is 2.72. The van der Waals surface area contributed by atoms with Crippen LogP contribution in [0.15, 0.2) is 97.1 Å². The number of thioether (sulfide) groups is 1. The molecular formula is C36H37N3O4S. The Morgan fingerprint density at radius 3 is 2.39 bits per heavy atom. The summed E-state index contributed by atoms with van der Waals surface area (Å²) in [6, 6.07) is 22.5. The number of aliphatic hydroxyl groups excluding tert-OH is 1. The zero-order valence-corrected chi connectivity index (χ0v) is 25.8. The summed E-state index contributed by atoms with van der Waals surface area (Å²) in [5, 5.41) is 12.5. The van der Waals surface area contributed by atoms with E-state index in [4.69, 9.17) is 0 Å². The zero-order chi connectivity index (χ0) is 30.6. The second-order valence-electron chi connectivity index (χ2n) is 12.6. The lowest BCUT2D eigenvalue weighted by Crippen LogP contribution is -2.57. The Bertz CT molecular complexity index is 1670. The molecule has 8 heteroatoms. The maximum absolute atomic E-state index is 14.8. The third-order valence-electron chi connectivity index (χ3n) is 9.75. The van der Waals surface area contributed by atoms with Gasteiger partial charge in [0.25, 0.3) is 5.91 Å². The van der Waals surface area contributed by atoms with Crippen LogP contribution in [0.25, 0.3) is 10.8 Å². The van der Waals surface area contributed by atoms with E-state index in [9.17, 15) is 19.5 Å². The van der Waals surface area contributed by atoms with Crippen LogP contribution in [0.5, 0.6) is 0 Å². The van der Waals surface area contributed by atoms with E-state index < -0.39 is 28.7 Å². The minimum absolute atomic E-state index is 0.0613. The molecule has 0 aliphatic carbocycles. The van der Waals surface area contributed by atoms with E-state index in [2.05, 4.69) is 6.08 Å². The quantitative estimate of drug-likeness (QED) is 0.413. The van der Waals surface area contributed by atoms with E-state index in [1.807, 2.05) is 110 Å². The van der Waals surface area contributed by atoms with Crippen molar-refractivity contribution in [2.75, 3.05) is 24.6 Å². The number of carbonyl (C=O) groups is 3. The molecule has 4 aliphatic heterocycles. The van der Waals surface area contributed by atoms with Crippen LogP contribution >= 0.6 is 11.8 Å². The Morgan fingerprint density at radius 1 is 0.886 bits per heavy atom. The number of amides is 3. The van der Waals surface area contributed by atoms with Crippen molar-refractivity contribution in [1.29, 1.82) is 0 Å². The fourth-order valence-electron chi connectivity index (χ4n) is 7.63. The van der Waals surface area contributed by atoms with Gasteiger partial charge in [0.15, 0.2) is 0 Å². The summed E-state index contributed by atoms with van der Waals surface area (Å²) < 4.78 is -0.937. The second kappa shape index (κ2) is 11.2. The highest BCUT2D eigenvalue weighted by Crippen LogP contribution is 2.61. The lowest BCUT2D eigenvalue weighted by Gasteiger charge is -2.39. The van der Waals surface area contributed by atoms with Gasteiger partial charge in [-0.05, 0) is 34.4 Å². The number of nitrogens with zero attached hydrogens (tertiary/aromatic N) is 3. The third-order valence-corrected chi connectivity index (χ3v) is 11.5. The van der Waals surface area contributed by atoms with Gasteiger partial charge in [-0.1, -0.05) is 98.8 Å². The Morgan fingerprint density at radius 2 is 1.64 bits per heavy atom. The Kier molecular flexibility index (Phi) is 7.37. The maximum atomic E-state index is 14.8. The van der Waals surface area contributed by atoms with Crippen LogP contribution in [0.2, 0.25) is 0 Å². The number of aliphatic hydroxyl groups is 1. The zero-order valence-electron chi connectivity index (χ0n) is 25.0. The van der Waals surface area contributed by atoms with Crippen LogP contribution in [0, 0.1) is 17.8 Å². The molecule has 226 valence electrons. The van der Waals surface area contributed by atoms with Crippen LogP contribution < -0.4 is 4.90 Å². The first-order valence-corrected chi connectivity index (χ1v) is 16.3. The molecule has 2 saturated heterocycles. The number of fused-ring (bicyclic) bond motifs is 3. The van der Waals surface area contributed by atoms with Crippen LogP contribution in [0.1, 0.15) is 19.4 Å². The number of hydrogen-bond donors (Lipinski definition) is 1. The first-order chi connectivity index (χ1) is 21.3. The summed E-state index contributed by atoms with van der Waals surface area (Å²) in [7, 11) is 0. The molecule has 7 rings (SSSR count). The van der Waals surface area contributed by atoms with E-state index in [1.54, 1.807) is 21.6 Å². The van der Waals surface area contributed by atoms with E-state index in [0.717, 1.165) is 22.0 Å². The van der Waals surface area contributed by atoms with Gasteiger partial charge < -0.3 is 19.8 Å². The molecule has 4 aliphatic rings. The summed E-state index contributed by atoms with van der Waals surface area (Å²) in [5.41, 5.74) is 1.79. The number of hydrogen-bond acceptors (Lipinski definition) is 5. The fourth-order valence-corrected chi connectivity index (χ4v) is 9.62. The van der Waals surface area contributed by atoms with Crippen molar-refractivity contribution < 1.29 is 19.5 Å². The molecule has 4 heterocycles. The van der Waals surface area contributed by atoms with Gasteiger partial charge in [-0.3, -0.25) is 14.4 Å². The van der Waals surface area contributed by atoms with E-state index in [-0.39, 0.29) is 35.5 Å². The average molecular weight is 608 g/mol. The van der Waals surface area contributed by atoms with Gasteiger partial charge >= 0.3 is 0 Å². The average Bonchev–Trinajstić information content (AvgIpc) is 3.35. The summed E-state index contributed by atoms with van der Waals surface area (Å²) >= 11 is 1.57. The second-order valence-corrected chi connectivity index (χ2v) is 14.1. The topological polar surface area (TPSA) is 81.2 Å². The van der Waals surface area contributed by atoms with Crippen molar-refractivity contribution in [2.24, 2.45) is 17.8 Å². The number of anilines is 1. The lowest BCUT2D eigenvalue weighted by molar-refractivity contribution is -0.145. The molecule has 6 atom stereocenters. The smallest absolute Gasteiger partial charge is 0.251 e. The molecule has 0 bridgehead atoms. The molecule has 3 aromatic rings. The third kappa shape index (κ3) is 4.49. The molecule has 3 aromatic carbocycles. The molecule has 44 heavy (non-hydrogen) atoms. The van der Waals surface area contributed by atoms with Gasteiger partial charge in [-0.15, -0.1) is 11.8 Å².